The molecule has 0 bridgehead atoms. The first-order valence-electron chi connectivity index (χ1n) is 5.36. The minimum atomic E-state index is -0.246. The van der Waals surface area contributed by atoms with Gasteiger partial charge in [-0.15, -0.1) is 0 Å². The SMILES string of the molecule is COc1cc(C)ccc1-c1nc([C@H](C)N)no1. The van der Waals surface area contributed by atoms with Crippen LogP contribution < -0.4 is 10.5 Å². The Morgan fingerprint density at radius 3 is 2.76 bits per heavy atom. The van der Waals surface area contributed by atoms with Crippen molar-refractivity contribution in [1.82, 2.24) is 10.1 Å². The van der Waals surface area contributed by atoms with E-state index in [1.165, 1.54) is 0 Å². The van der Waals surface area contributed by atoms with Gasteiger partial charge >= 0.3 is 0 Å². The quantitative estimate of drug-likeness (QED) is 0.878. The van der Waals surface area contributed by atoms with Crippen LogP contribution in [-0.4, -0.2) is 17.3 Å². The molecule has 0 saturated carbocycles. The van der Waals surface area contributed by atoms with Gasteiger partial charge in [-0.1, -0.05) is 11.2 Å². The van der Waals surface area contributed by atoms with Crippen molar-refractivity contribution in [2.75, 3.05) is 7.11 Å². The predicted octanol–water partition coefficient (Wildman–Crippen LogP) is 2.07. The Morgan fingerprint density at radius 1 is 1.41 bits per heavy atom. The number of ether oxygens (including phenoxy) is 1. The summed E-state index contributed by atoms with van der Waals surface area (Å²) in [6, 6.07) is 5.54. The second-order valence-electron chi connectivity index (χ2n) is 3.95. The maximum Gasteiger partial charge on any atom is 0.261 e. The van der Waals surface area contributed by atoms with Gasteiger partial charge in [-0.2, -0.15) is 4.98 Å². The van der Waals surface area contributed by atoms with Crippen molar-refractivity contribution in [2.24, 2.45) is 5.73 Å². The van der Waals surface area contributed by atoms with E-state index in [0.717, 1.165) is 11.1 Å². The van der Waals surface area contributed by atoms with E-state index in [4.69, 9.17) is 15.0 Å². The van der Waals surface area contributed by atoms with Crippen LogP contribution in [0.1, 0.15) is 24.4 Å². The van der Waals surface area contributed by atoms with E-state index in [1.54, 1.807) is 14.0 Å². The number of methoxy groups -OCH3 is 1. The van der Waals surface area contributed by atoms with Gasteiger partial charge in [-0.25, -0.2) is 0 Å². The lowest BCUT2D eigenvalue weighted by Gasteiger charge is -2.05. The van der Waals surface area contributed by atoms with Crippen LogP contribution in [0.3, 0.4) is 0 Å². The number of hydrogen-bond donors (Lipinski definition) is 1. The van der Waals surface area contributed by atoms with Gasteiger partial charge in [0.05, 0.1) is 18.7 Å². The highest BCUT2D eigenvalue weighted by molar-refractivity contribution is 5.63. The maximum atomic E-state index is 5.68. The Bertz CT molecular complexity index is 520. The molecule has 1 atom stereocenters. The average Bonchev–Trinajstić information content (AvgIpc) is 2.78. The van der Waals surface area contributed by atoms with Crippen molar-refractivity contribution < 1.29 is 9.26 Å². The molecule has 2 N–H and O–H groups in total. The predicted molar refractivity (Wildman–Crippen MR) is 63.6 cm³/mol. The zero-order valence-electron chi connectivity index (χ0n) is 10.1. The molecule has 0 radical (unpaired) electrons. The van der Waals surface area contributed by atoms with E-state index in [1.807, 2.05) is 25.1 Å². The Labute approximate surface area is 99.6 Å². The summed E-state index contributed by atoms with van der Waals surface area (Å²) in [6.45, 7) is 3.80. The highest BCUT2D eigenvalue weighted by Gasteiger charge is 2.15. The van der Waals surface area contributed by atoms with Crippen LogP contribution in [0.25, 0.3) is 11.5 Å². The van der Waals surface area contributed by atoms with E-state index in [-0.39, 0.29) is 6.04 Å². The third-order valence-corrected chi connectivity index (χ3v) is 2.44. The van der Waals surface area contributed by atoms with Crippen molar-refractivity contribution >= 4 is 0 Å². The second kappa shape index (κ2) is 4.55. The third-order valence-electron chi connectivity index (χ3n) is 2.44. The molecular weight excluding hydrogens is 218 g/mol. The summed E-state index contributed by atoms with van der Waals surface area (Å²) < 4.78 is 10.5. The molecule has 0 spiro atoms. The molecule has 5 heteroatoms. The van der Waals surface area contributed by atoms with E-state index >= 15 is 0 Å². The molecule has 2 aromatic rings. The van der Waals surface area contributed by atoms with Crippen LogP contribution in [0.2, 0.25) is 0 Å². The topological polar surface area (TPSA) is 74.2 Å². The van der Waals surface area contributed by atoms with Gasteiger partial charge in [0.1, 0.15) is 5.75 Å². The molecular formula is C12H15N3O2. The normalized spacial score (nSPS) is 12.5. The highest BCUT2D eigenvalue weighted by atomic mass is 16.5. The van der Waals surface area contributed by atoms with Crippen LogP contribution in [0, 0.1) is 6.92 Å². The molecule has 90 valence electrons. The number of aryl methyl sites for hydroxylation is 1. The highest BCUT2D eigenvalue weighted by Crippen LogP contribution is 2.29. The van der Waals surface area contributed by atoms with Crippen LogP contribution in [0.15, 0.2) is 22.7 Å². The standard InChI is InChI=1S/C12H15N3O2/c1-7-4-5-9(10(6-7)16-3)12-14-11(8(2)13)15-17-12/h4-6,8H,13H2,1-3H3/t8-/m0/s1. The monoisotopic (exact) mass is 233 g/mol. The summed E-state index contributed by atoms with van der Waals surface area (Å²) in [6.07, 6.45) is 0. The van der Waals surface area contributed by atoms with Gasteiger partial charge < -0.3 is 15.0 Å². The second-order valence-corrected chi connectivity index (χ2v) is 3.95. The van der Waals surface area contributed by atoms with Gasteiger partial charge in [0.25, 0.3) is 5.89 Å². The van der Waals surface area contributed by atoms with E-state index < -0.39 is 0 Å². The lowest BCUT2D eigenvalue weighted by atomic mass is 10.1. The number of benzene rings is 1. The zero-order valence-corrected chi connectivity index (χ0v) is 10.1. The van der Waals surface area contributed by atoms with Gasteiger partial charge in [-0.3, -0.25) is 0 Å². The fraction of sp³-hybridized carbons (Fsp3) is 0.333. The molecule has 0 aliphatic heterocycles. The number of rotatable bonds is 3. The molecule has 0 saturated heterocycles. The fourth-order valence-electron chi connectivity index (χ4n) is 1.50. The van der Waals surface area contributed by atoms with Gasteiger partial charge in [0, 0.05) is 0 Å². The summed E-state index contributed by atoms with van der Waals surface area (Å²) >= 11 is 0. The van der Waals surface area contributed by atoms with Gasteiger partial charge in [0.2, 0.25) is 0 Å². The lowest BCUT2D eigenvalue weighted by Crippen LogP contribution is -2.06. The number of aromatic nitrogens is 2. The van der Waals surface area contributed by atoms with Crippen LogP contribution in [0.5, 0.6) is 5.75 Å². The van der Waals surface area contributed by atoms with Crippen molar-refractivity contribution in [3.05, 3.63) is 29.6 Å². The summed E-state index contributed by atoms with van der Waals surface area (Å²) in [5.74, 6) is 1.63. The van der Waals surface area contributed by atoms with Crippen LogP contribution in [0.4, 0.5) is 0 Å². The Morgan fingerprint density at radius 2 is 2.18 bits per heavy atom. The summed E-state index contributed by atoms with van der Waals surface area (Å²) in [4.78, 5) is 4.24. The fourth-order valence-corrected chi connectivity index (χ4v) is 1.50. The van der Waals surface area contributed by atoms with Crippen LogP contribution in [-0.2, 0) is 0 Å². The van der Waals surface area contributed by atoms with E-state index in [0.29, 0.717) is 17.5 Å². The molecule has 2 rings (SSSR count). The van der Waals surface area contributed by atoms with Gasteiger partial charge in [0.15, 0.2) is 5.82 Å². The Hall–Kier alpha value is -1.88. The first-order valence-corrected chi connectivity index (χ1v) is 5.36. The molecule has 1 aromatic carbocycles. The summed E-state index contributed by atoms with van der Waals surface area (Å²) in [5.41, 5.74) is 7.57. The molecule has 0 aliphatic rings. The van der Waals surface area contributed by atoms with E-state index in [2.05, 4.69) is 10.1 Å². The largest absolute Gasteiger partial charge is 0.496 e. The molecule has 0 fully saturated rings. The minimum absolute atomic E-state index is 0.246. The van der Waals surface area contributed by atoms with Gasteiger partial charge in [-0.05, 0) is 31.5 Å². The molecule has 0 unspecified atom stereocenters. The summed E-state index contributed by atoms with van der Waals surface area (Å²) in [7, 11) is 1.61. The van der Waals surface area contributed by atoms with E-state index in [9.17, 15) is 0 Å². The first-order chi connectivity index (χ1) is 8.11. The van der Waals surface area contributed by atoms with Crippen molar-refractivity contribution in [2.45, 2.75) is 19.9 Å². The molecule has 0 amide bonds. The smallest absolute Gasteiger partial charge is 0.261 e. The zero-order chi connectivity index (χ0) is 12.4. The summed E-state index contributed by atoms with van der Waals surface area (Å²) in [5, 5.41) is 3.82. The minimum Gasteiger partial charge on any atom is -0.496 e. The van der Waals surface area contributed by atoms with Crippen molar-refractivity contribution in [1.29, 1.82) is 0 Å². The Kier molecular flexibility index (Phi) is 3.10. The molecule has 1 heterocycles. The molecule has 17 heavy (non-hydrogen) atoms. The first kappa shape index (κ1) is 11.6. The number of nitrogens with two attached hydrogens (primary N) is 1. The molecule has 5 nitrogen and oxygen atoms in total. The molecule has 0 aliphatic carbocycles. The van der Waals surface area contributed by atoms with Crippen LogP contribution >= 0.6 is 0 Å². The lowest BCUT2D eigenvalue weighted by molar-refractivity contribution is 0.401. The number of hydrogen-bond acceptors (Lipinski definition) is 5. The third kappa shape index (κ3) is 2.29. The van der Waals surface area contributed by atoms with Crippen molar-refractivity contribution in [3.63, 3.8) is 0 Å². The molecule has 1 aromatic heterocycles. The van der Waals surface area contributed by atoms with Crippen molar-refractivity contribution in [3.8, 4) is 17.2 Å². The maximum absolute atomic E-state index is 5.68. The Balaban J connectivity index is 2.44. The number of nitrogens with zero attached hydrogens (tertiary/aromatic N) is 2. The average molecular weight is 233 g/mol.